The Hall–Kier alpha value is -3.36. The third-order valence-corrected chi connectivity index (χ3v) is 7.88. The Morgan fingerprint density at radius 2 is 1.77 bits per heavy atom. The lowest BCUT2D eigenvalue weighted by Crippen LogP contribution is -2.55. The lowest BCUT2D eigenvalue weighted by molar-refractivity contribution is -0.135. The number of aromatic nitrogens is 2. The number of nitrogens with one attached hydrogen (secondary N) is 2. The summed E-state index contributed by atoms with van der Waals surface area (Å²) in [6.45, 7) is 3.90. The highest BCUT2D eigenvalue weighted by atomic mass is 35.5. The number of amides is 2. The minimum atomic E-state index is -1.11. The monoisotopic (exact) mass is 567 g/mol. The number of piperidine rings is 1. The molecule has 2 saturated heterocycles. The first kappa shape index (κ1) is 27.2. The second-order valence-corrected chi connectivity index (χ2v) is 11.4. The summed E-state index contributed by atoms with van der Waals surface area (Å²) in [5.41, 5.74) is 0.395. The van der Waals surface area contributed by atoms with Crippen LogP contribution in [0.5, 0.6) is 5.75 Å². The molecule has 39 heavy (non-hydrogen) atoms. The van der Waals surface area contributed by atoms with Gasteiger partial charge in [-0.2, -0.15) is 0 Å². The SMILES string of the molecule is CC(C)(Oc1ccc(Cl)cc1Cl)C(=O)N[C@H]1C[C@H]2CC[C@@H](C1)N2c1ccc(C(=O)NCc2ccncc2)cn1. The van der Waals surface area contributed by atoms with Gasteiger partial charge in [0.15, 0.2) is 5.60 Å². The van der Waals surface area contributed by atoms with E-state index in [4.69, 9.17) is 27.9 Å². The number of benzene rings is 1. The van der Waals surface area contributed by atoms with Crippen LogP contribution >= 0.6 is 23.2 Å². The molecule has 1 aromatic carbocycles. The van der Waals surface area contributed by atoms with Gasteiger partial charge in [-0.25, -0.2) is 4.98 Å². The maximum atomic E-state index is 13.2. The summed E-state index contributed by atoms with van der Waals surface area (Å²) in [5, 5.41) is 6.98. The van der Waals surface area contributed by atoms with E-state index >= 15 is 0 Å². The third-order valence-electron chi connectivity index (χ3n) is 7.35. The van der Waals surface area contributed by atoms with Gasteiger partial charge in [-0.3, -0.25) is 14.6 Å². The normalized spacial score (nSPS) is 20.4. The first-order valence-electron chi connectivity index (χ1n) is 13.1. The first-order valence-corrected chi connectivity index (χ1v) is 13.8. The highest BCUT2D eigenvalue weighted by molar-refractivity contribution is 6.35. The molecule has 0 unspecified atom stereocenters. The van der Waals surface area contributed by atoms with Crippen molar-refractivity contribution >= 4 is 40.8 Å². The van der Waals surface area contributed by atoms with Crippen molar-refractivity contribution in [2.24, 2.45) is 0 Å². The molecule has 0 spiro atoms. The molecular weight excluding hydrogens is 537 g/mol. The average molecular weight is 569 g/mol. The summed E-state index contributed by atoms with van der Waals surface area (Å²) in [6.07, 6.45) is 8.73. The van der Waals surface area contributed by atoms with E-state index < -0.39 is 5.60 Å². The van der Waals surface area contributed by atoms with Crippen LogP contribution < -0.4 is 20.3 Å². The number of carbonyl (C=O) groups is 2. The molecule has 2 aromatic heterocycles. The minimum absolute atomic E-state index is 0.0352. The molecule has 204 valence electrons. The fourth-order valence-electron chi connectivity index (χ4n) is 5.37. The number of ether oxygens (including phenoxy) is 1. The van der Waals surface area contributed by atoms with Gasteiger partial charge in [0.25, 0.3) is 11.8 Å². The van der Waals surface area contributed by atoms with Crippen molar-refractivity contribution in [1.82, 2.24) is 20.6 Å². The quantitative estimate of drug-likeness (QED) is 0.389. The van der Waals surface area contributed by atoms with E-state index in [1.807, 2.05) is 24.3 Å². The number of hydrogen-bond acceptors (Lipinski definition) is 6. The van der Waals surface area contributed by atoms with E-state index in [-0.39, 0.29) is 29.9 Å². The smallest absolute Gasteiger partial charge is 0.263 e. The number of anilines is 1. The van der Waals surface area contributed by atoms with E-state index in [1.54, 1.807) is 50.6 Å². The lowest BCUT2D eigenvalue weighted by atomic mass is 9.96. The highest BCUT2D eigenvalue weighted by Crippen LogP contribution is 2.39. The molecule has 2 fully saturated rings. The van der Waals surface area contributed by atoms with E-state index in [1.165, 1.54) is 0 Å². The van der Waals surface area contributed by atoms with Gasteiger partial charge < -0.3 is 20.3 Å². The molecule has 5 rings (SSSR count). The lowest BCUT2D eigenvalue weighted by Gasteiger charge is -2.40. The van der Waals surface area contributed by atoms with Gasteiger partial charge in [-0.05, 0) is 87.6 Å². The molecule has 2 amide bonds. The minimum Gasteiger partial charge on any atom is -0.476 e. The summed E-state index contributed by atoms with van der Waals surface area (Å²) in [6, 6.07) is 13.0. The highest BCUT2D eigenvalue weighted by Gasteiger charge is 2.43. The van der Waals surface area contributed by atoms with Crippen LogP contribution in [0.4, 0.5) is 5.82 Å². The molecule has 8 nitrogen and oxygen atoms in total. The first-order chi connectivity index (χ1) is 18.7. The predicted molar refractivity (Wildman–Crippen MR) is 151 cm³/mol. The number of hydrogen-bond donors (Lipinski definition) is 2. The number of pyridine rings is 2. The van der Waals surface area contributed by atoms with E-state index in [0.29, 0.717) is 27.9 Å². The Labute approximate surface area is 238 Å². The molecule has 2 bridgehead atoms. The van der Waals surface area contributed by atoms with Crippen LogP contribution in [-0.4, -0.2) is 45.5 Å². The van der Waals surface area contributed by atoms with Crippen molar-refractivity contribution in [1.29, 1.82) is 0 Å². The van der Waals surface area contributed by atoms with Crippen LogP contribution in [0.3, 0.4) is 0 Å². The van der Waals surface area contributed by atoms with Crippen molar-refractivity contribution in [2.75, 3.05) is 4.90 Å². The number of fused-ring (bicyclic) bond motifs is 2. The summed E-state index contributed by atoms with van der Waals surface area (Å²) < 4.78 is 5.97. The van der Waals surface area contributed by atoms with E-state index in [2.05, 4.69) is 25.5 Å². The van der Waals surface area contributed by atoms with Crippen LogP contribution in [0, 0.1) is 0 Å². The third kappa shape index (κ3) is 6.28. The van der Waals surface area contributed by atoms with E-state index in [0.717, 1.165) is 37.1 Å². The number of carbonyl (C=O) groups excluding carboxylic acids is 2. The van der Waals surface area contributed by atoms with Gasteiger partial charge in [0, 0.05) is 48.3 Å². The van der Waals surface area contributed by atoms with Crippen molar-refractivity contribution in [2.45, 2.75) is 69.8 Å². The van der Waals surface area contributed by atoms with Crippen LogP contribution in [-0.2, 0) is 11.3 Å². The Kier molecular flexibility index (Phi) is 7.96. The maximum absolute atomic E-state index is 13.2. The van der Waals surface area contributed by atoms with Gasteiger partial charge in [-0.15, -0.1) is 0 Å². The van der Waals surface area contributed by atoms with Gasteiger partial charge in [-0.1, -0.05) is 23.2 Å². The van der Waals surface area contributed by atoms with Gasteiger partial charge in [0.05, 0.1) is 10.6 Å². The molecule has 0 radical (unpaired) electrons. The zero-order chi connectivity index (χ0) is 27.6. The van der Waals surface area contributed by atoms with E-state index in [9.17, 15) is 9.59 Å². The van der Waals surface area contributed by atoms with Crippen molar-refractivity contribution < 1.29 is 14.3 Å². The molecule has 3 atom stereocenters. The molecule has 10 heteroatoms. The van der Waals surface area contributed by atoms with Gasteiger partial charge in [0.1, 0.15) is 11.6 Å². The molecular formula is C29H31Cl2N5O3. The Bertz CT molecular complexity index is 1320. The standard InChI is InChI=1S/C29H31Cl2N5O3/c1-29(2,39-25-7-4-20(30)13-24(25)31)28(38)35-21-14-22-5-6-23(15-21)36(22)26-8-3-19(17-33-26)27(37)34-16-18-9-11-32-12-10-18/h3-4,7-13,17,21-23H,5-6,14-16H2,1-2H3,(H,34,37)(H,35,38)/t21-,22+,23-. The van der Waals surface area contributed by atoms with Crippen LogP contribution in [0.1, 0.15) is 55.5 Å². The zero-order valence-electron chi connectivity index (χ0n) is 21.9. The van der Waals surface area contributed by atoms with Crippen LogP contribution in [0.15, 0.2) is 61.1 Å². The Morgan fingerprint density at radius 3 is 2.41 bits per heavy atom. The molecule has 0 saturated carbocycles. The van der Waals surface area contributed by atoms with Gasteiger partial charge in [0.2, 0.25) is 0 Å². The zero-order valence-corrected chi connectivity index (χ0v) is 23.4. The fourth-order valence-corrected chi connectivity index (χ4v) is 5.81. The molecule has 2 N–H and O–H groups in total. The molecule has 2 aliphatic heterocycles. The predicted octanol–water partition coefficient (Wildman–Crippen LogP) is 5.19. The summed E-state index contributed by atoms with van der Waals surface area (Å²) in [7, 11) is 0. The maximum Gasteiger partial charge on any atom is 0.263 e. The molecule has 2 aliphatic rings. The molecule has 0 aliphatic carbocycles. The van der Waals surface area contributed by atoms with Crippen molar-refractivity contribution in [3.05, 3.63) is 82.2 Å². The van der Waals surface area contributed by atoms with Crippen LogP contribution in [0.2, 0.25) is 10.0 Å². The fraction of sp³-hybridized carbons (Fsp3) is 0.379. The Morgan fingerprint density at radius 1 is 1.05 bits per heavy atom. The average Bonchev–Trinajstić information content (AvgIpc) is 3.19. The summed E-state index contributed by atoms with van der Waals surface area (Å²) in [5.74, 6) is 0.919. The number of rotatable bonds is 8. The molecule has 4 heterocycles. The van der Waals surface area contributed by atoms with Crippen LogP contribution in [0.25, 0.3) is 0 Å². The Balaban J connectivity index is 1.17. The largest absolute Gasteiger partial charge is 0.476 e. The topological polar surface area (TPSA) is 96.5 Å². The van der Waals surface area contributed by atoms with Gasteiger partial charge >= 0.3 is 0 Å². The number of halogens is 2. The summed E-state index contributed by atoms with van der Waals surface area (Å²) >= 11 is 12.2. The molecule has 3 aromatic rings. The summed E-state index contributed by atoms with van der Waals surface area (Å²) in [4.78, 5) is 36.7. The van der Waals surface area contributed by atoms with Crippen molar-refractivity contribution in [3.63, 3.8) is 0 Å². The van der Waals surface area contributed by atoms with Crippen molar-refractivity contribution in [3.8, 4) is 5.75 Å². The number of nitrogens with zero attached hydrogens (tertiary/aromatic N) is 3. The second-order valence-electron chi connectivity index (χ2n) is 10.6. The second kappa shape index (κ2) is 11.4.